The predicted octanol–water partition coefficient (Wildman–Crippen LogP) is 3.26. The molecule has 0 atom stereocenters. The number of aromatic nitrogens is 1. The van der Waals surface area contributed by atoms with Gasteiger partial charge in [-0.05, 0) is 32.4 Å². The number of fused-ring (bicyclic) bond motifs is 1. The second-order valence-corrected chi connectivity index (χ2v) is 5.67. The van der Waals surface area contributed by atoms with Gasteiger partial charge in [0.05, 0.1) is 5.56 Å². The Morgan fingerprint density at radius 3 is 2.44 bits per heavy atom. The molecule has 1 aromatic rings. The molecule has 0 aliphatic carbocycles. The van der Waals surface area contributed by atoms with E-state index in [0.717, 1.165) is 18.4 Å². The summed E-state index contributed by atoms with van der Waals surface area (Å²) >= 11 is 0. The molecule has 0 N–H and O–H groups in total. The summed E-state index contributed by atoms with van der Waals surface area (Å²) < 4.78 is 37.9. The maximum Gasteiger partial charge on any atom is 0.417 e. The average Bonchev–Trinajstić information content (AvgIpc) is 2.25. The summed E-state index contributed by atoms with van der Waals surface area (Å²) in [6.07, 6.45) is -2.66. The maximum absolute atomic E-state index is 12.6. The van der Waals surface area contributed by atoms with E-state index in [1.165, 1.54) is 6.07 Å². The highest BCUT2D eigenvalue weighted by Crippen LogP contribution is 2.32. The Hall–Kier alpha value is -1.10. The topological polar surface area (TPSA) is 16.1 Å². The van der Waals surface area contributed by atoms with Gasteiger partial charge in [0.2, 0.25) is 0 Å². The van der Waals surface area contributed by atoms with E-state index in [9.17, 15) is 13.2 Å². The molecule has 1 aliphatic heterocycles. The van der Waals surface area contributed by atoms with Crippen molar-refractivity contribution in [3.63, 3.8) is 0 Å². The fraction of sp³-hybridized carbons (Fsp3) is 0.615. The third-order valence-corrected chi connectivity index (χ3v) is 3.32. The molecule has 5 heteroatoms. The number of hydrogen-bond acceptors (Lipinski definition) is 2. The lowest BCUT2D eigenvalue weighted by molar-refractivity contribution is -0.137. The lowest BCUT2D eigenvalue weighted by Crippen LogP contribution is -2.44. The van der Waals surface area contributed by atoms with E-state index in [2.05, 4.69) is 30.7 Å². The summed E-state index contributed by atoms with van der Waals surface area (Å²) in [5.41, 5.74) is 0.804. The Morgan fingerprint density at radius 2 is 1.89 bits per heavy atom. The van der Waals surface area contributed by atoms with Gasteiger partial charge in [-0.15, -0.1) is 0 Å². The van der Waals surface area contributed by atoms with Crippen molar-refractivity contribution in [2.75, 3.05) is 6.54 Å². The SMILES string of the molecule is CC(C)(C)N1CCc2ncc(C(F)(F)F)cc2C1. The standard InChI is InChI=1S/C13H17F3N2/c1-12(2,3)18-5-4-11-9(8-18)6-10(7-17-11)13(14,15)16/h6-7H,4-5,8H2,1-3H3. The summed E-state index contributed by atoms with van der Waals surface area (Å²) in [5, 5.41) is 0. The Labute approximate surface area is 105 Å². The fourth-order valence-corrected chi connectivity index (χ4v) is 2.15. The largest absolute Gasteiger partial charge is 0.417 e. The third-order valence-electron chi connectivity index (χ3n) is 3.32. The number of hydrogen-bond donors (Lipinski definition) is 0. The van der Waals surface area contributed by atoms with Gasteiger partial charge in [0.1, 0.15) is 0 Å². The van der Waals surface area contributed by atoms with Crippen LogP contribution in [0.2, 0.25) is 0 Å². The maximum atomic E-state index is 12.6. The molecule has 2 rings (SSSR count). The van der Waals surface area contributed by atoms with Gasteiger partial charge >= 0.3 is 6.18 Å². The Kier molecular flexibility index (Phi) is 3.13. The zero-order valence-electron chi connectivity index (χ0n) is 10.8. The second-order valence-electron chi connectivity index (χ2n) is 5.67. The highest BCUT2D eigenvalue weighted by molar-refractivity contribution is 5.29. The molecular weight excluding hydrogens is 241 g/mol. The van der Waals surface area contributed by atoms with Crippen LogP contribution in [0.1, 0.15) is 37.6 Å². The molecule has 0 bridgehead atoms. The zero-order valence-corrected chi connectivity index (χ0v) is 10.8. The molecular formula is C13H17F3N2. The van der Waals surface area contributed by atoms with Crippen LogP contribution in [0, 0.1) is 0 Å². The Bertz CT molecular complexity index is 447. The van der Waals surface area contributed by atoms with Crippen LogP contribution < -0.4 is 0 Å². The molecule has 1 aliphatic rings. The molecule has 0 amide bonds. The molecule has 0 saturated heterocycles. The molecule has 0 spiro atoms. The van der Waals surface area contributed by atoms with Gasteiger partial charge in [0.15, 0.2) is 0 Å². The summed E-state index contributed by atoms with van der Waals surface area (Å²) in [4.78, 5) is 6.13. The number of nitrogens with zero attached hydrogens (tertiary/aromatic N) is 2. The molecule has 18 heavy (non-hydrogen) atoms. The normalized spacial score (nSPS) is 17.7. The smallest absolute Gasteiger partial charge is 0.294 e. The Balaban J connectivity index is 2.31. The molecule has 2 nitrogen and oxygen atoms in total. The van der Waals surface area contributed by atoms with Crippen LogP contribution >= 0.6 is 0 Å². The van der Waals surface area contributed by atoms with Gasteiger partial charge in [0.25, 0.3) is 0 Å². The van der Waals surface area contributed by atoms with E-state index in [-0.39, 0.29) is 5.54 Å². The van der Waals surface area contributed by atoms with Crippen molar-refractivity contribution in [1.82, 2.24) is 9.88 Å². The molecule has 0 unspecified atom stereocenters. The van der Waals surface area contributed by atoms with Gasteiger partial charge in [-0.3, -0.25) is 9.88 Å². The van der Waals surface area contributed by atoms with Crippen molar-refractivity contribution in [3.8, 4) is 0 Å². The van der Waals surface area contributed by atoms with Crippen LogP contribution in [0.25, 0.3) is 0 Å². The molecule has 100 valence electrons. The summed E-state index contributed by atoms with van der Waals surface area (Å²) in [6.45, 7) is 7.59. The van der Waals surface area contributed by atoms with E-state index in [1.807, 2.05) is 0 Å². The van der Waals surface area contributed by atoms with Gasteiger partial charge in [0, 0.05) is 36.9 Å². The van der Waals surface area contributed by atoms with Gasteiger partial charge in [-0.2, -0.15) is 13.2 Å². The minimum absolute atomic E-state index is 0.0358. The van der Waals surface area contributed by atoms with Crippen LogP contribution in [0.3, 0.4) is 0 Å². The highest BCUT2D eigenvalue weighted by atomic mass is 19.4. The second kappa shape index (κ2) is 4.23. The Morgan fingerprint density at radius 1 is 1.22 bits per heavy atom. The quantitative estimate of drug-likeness (QED) is 0.710. The molecule has 0 aromatic carbocycles. The van der Waals surface area contributed by atoms with E-state index < -0.39 is 11.7 Å². The summed E-state index contributed by atoms with van der Waals surface area (Å²) in [5.74, 6) is 0. The van der Waals surface area contributed by atoms with Crippen LogP contribution in [-0.4, -0.2) is 22.0 Å². The van der Waals surface area contributed by atoms with E-state index >= 15 is 0 Å². The molecule has 0 saturated carbocycles. The number of alkyl halides is 3. The van der Waals surface area contributed by atoms with E-state index in [1.54, 1.807) is 0 Å². The van der Waals surface area contributed by atoms with Crippen LogP contribution in [0.15, 0.2) is 12.3 Å². The highest BCUT2D eigenvalue weighted by Gasteiger charge is 2.33. The van der Waals surface area contributed by atoms with Gasteiger partial charge < -0.3 is 0 Å². The average molecular weight is 258 g/mol. The third kappa shape index (κ3) is 2.66. The number of pyridine rings is 1. The van der Waals surface area contributed by atoms with Crippen LogP contribution in [0.5, 0.6) is 0 Å². The molecule has 0 fully saturated rings. The predicted molar refractivity (Wildman–Crippen MR) is 63.1 cm³/mol. The van der Waals surface area contributed by atoms with Gasteiger partial charge in [-0.1, -0.05) is 0 Å². The van der Waals surface area contributed by atoms with E-state index in [0.29, 0.717) is 18.5 Å². The van der Waals surface area contributed by atoms with Crippen molar-refractivity contribution >= 4 is 0 Å². The van der Waals surface area contributed by atoms with Crippen molar-refractivity contribution in [2.45, 2.75) is 45.5 Å². The van der Waals surface area contributed by atoms with Crippen LogP contribution in [-0.2, 0) is 19.1 Å². The lowest BCUT2D eigenvalue weighted by atomic mass is 9.97. The van der Waals surface area contributed by atoms with Crippen molar-refractivity contribution in [1.29, 1.82) is 0 Å². The first-order chi connectivity index (χ1) is 8.18. The first kappa shape index (κ1) is 13.3. The lowest BCUT2D eigenvalue weighted by Gasteiger charge is -2.38. The molecule has 2 heterocycles. The van der Waals surface area contributed by atoms with Crippen molar-refractivity contribution in [3.05, 3.63) is 29.1 Å². The number of halogens is 3. The minimum atomic E-state index is -4.31. The summed E-state index contributed by atoms with van der Waals surface area (Å²) in [7, 11) is 0. The first-order valence-electron chi connectivity index (χ1n) is 5.98. The van der Waals surface area contributed by atoms with Crippen LogP contribution in [0.4, 0.5) is 13.2 Å². The monoisotopic (exact) mass is 258 g/mol. The zero-order chi connectivity index (χ0) is 13.6. The fourth-order valence-electron chi connectivity index (χ4n) is 2.15. The van der Waals surface area contributed by atoms with Crippen molar-refractivity contribution < 1.29 is 13.2 Å². The summed E-state index contributed by atoms with van der Waals surface area (Å²) in [6, 6.07) is 1.24. The van der Waals surface area contributed by atoms with E-state index in [4.69, 9.17) is 0 Å². The minimum Gasteiger partial charge on any atom is -0.294 e. The van der Waals surface area contributed by atoms with Gasteiger partial charge in [-0.25, -0.2) is 0 Å². The molecule has 1 aromatic heterocycles. The number of rotatable bonds is 0. The molecule has 0 radical (unpaired) electrons. The first-order valence-corrected chi connectivity index (χ1v) is 5.98. The van der Waals surface area contributed by atoms with Crippen molar-refractivity contribution in [2.24, 2.45) is 0 Å².